The summed E-state index contributed by atoms with van der Waals surface area (Å²) in [5, 5.41) is 2.62. The van der Waals surface area contributed by atoms with Crippen LogP contribution in [0.2, 0.25) is 0 Å². The quantitative estimate of drug-likeness (QED) is 0.491. The first-order valence-electron chi connectivity index (χ1n) is 8.92. The summed E-state index contributed by atoms with van der Waals surface area (Å²) in [6, 6.07) is 6.78. The zero-order valence-corrected chi connectivity index (χ0v) is 16.7. The lowest BCUT2D eigenvalue weighted by molar-refractivity contribution is 0.101. The minimum absolute atomic E-state index is 0.192. The number of rotatable bonds is 6. The molecule has 0 aliphatic rings. The normalized spacial score (nSPS) is 11.2. The van der Waals surface area contributed by atoms with Gasteiger partial charge in [0.05, 0.1) is 16.7 Å². The minimum Gasteiger partial charge on any atom is -0.321 e. The first-order valence-corrected chi connectivity index (χ1v) is 9.91. The lowest BCUT2D eigenvalue weighted by atomic mass is 10.1. The number of imidazole rings is 1. The van der Waals surface area contributed by atoms with Gasteiger partial charge in [-0.25, -0.2) is 13.6 Å². The highest BCUT2D eigenvalue weighted by molar-refractivity contribution is 7.99. The Hall–Kier alpha value is -2.61. The Morgan fingerprint density at radius 1 is 1.11 bits per heavy atom. The van der Waals surface area contributed by atoms with Gasteiger partial charge in [0.15, 0.2) is 0 Å². The molecular formula is C20H21F2N3O2S. The zero-order chi connectivity index (χ0) is 20.4. The fraction of sp³-hybridized carbons (Fsp3) is 0.300. The van der Waals surface area contributed by atoms with E-state index in [9.17, 15) is 18.4 Å². The number of aryl methyl sites for hydroxylation is 2. The summed E-state index contributed by atoms with van der Waals surface area (Å²) in [6.45, 7) is 2.08. The average molecular weight is 405 g/mol. The lowest BCUT2D eigenvalue weighted by Gasteiger charge is -2.13. The summed E-state index contributed by atoms with van der Waals surface area (Å²) in [5.74, 6) is -1.90. The van der Waals surface area contributed by atoms with Crippen molar-refractivity contribution in [1.82, 2.24) is 9.13 Å². The number of fused-ring (bicyclic) bond motifs is 1. The van der Waals surface area contributed by atoms with Crippen molar-refractivity contribution in [3.8, 4) is 0 Å². The van der Waals surface area contributed by atoms with Gasteiger partial charge >= 0.3 is 5.69 Å². The Kier molecular flexibility index (Phi) is 5.88. The Morgan fingerprint density at radius 2 is 1.71 bits per heavy atom. The van der Waals surface area contributed by atoms with E-state index in [-0.39, 0.29) is 5.69 Å². The third-order valence-corrected chi connectivity index (χ3v) is 5.71. The summed E-state index contributed by atoms with van der Waals surface area (Å²) in [4.78, 5) is 25.5. The van der Waals surface area contributed by atoms with Crippen molar-refractivity contribution >= 4 is 34.4 Å². The van der Waals surface area contributed by atoms with Crippen LogP contribution in [0, 0.1) is 11.6 Å². The Balaban J connectivity index is 2.07. The molecule has 1 aromatic heterocycles. The number of hydrogen-bond acceptors (Lipinski definition) is 3. The molecule has 5 nitrogen and oxygen atoms in total. The SMILES string of the molecule is CCCCSc1cc2c(cc1NC(=O)c1c(F)cccc1F)n(C)c(=O)n2C. The third kappa shape index (κ3) is 3.69. The molecule has 1 heterocycles. The monoisotopic (exact) mass is 405 g/mol. The summed E-state index contributed by atoms with van der Waals surface area (Å²) in [7, 11) is 3.31. The number of unbranched alkanes of at least 4 members (excludes halogenated alkanes) is 1. The van der Waals surface area contributed by atoms with Gasteiger partial charge in [0, 0.05) is 19.0 Å². The van der Waals surface area contributed by atoms with Gasteiger partial charge in [0.1, 0.15) is 17.2 Å². The predicted octanol–water partition coefficient (Wildman–Crippen LogP) is 4.30. The van der Waals surface area contributed by atoms with Crippen molar-refractivity contribution in [2.45, 2.75) is 24.7 Å². The van der Waals surface area contributed by atoms with Gasteiger partial charge < -0.3 is 5.32 Å². The number of hydrogen-bond donors (Lipinski definition) is 1. The molecule has 0 aliphatic carbocycles. The molecule has 3 aromatic rings. The van der Waals surface area contributed by atoms with Crippen LogP contribution in [0.5, 0.6) is 0 Å². The second-order valence-corrected chi connectivity index (χ2v) is 7.63. The van der Waals surface area contributed by atoms with Gasteiger partial charge in [-0.2, -0.15) is 0 Å². The van der Waals surface area contributed by atoms with E-state index < -0.39 is 23.1 Å². The van der Waals surface area contributed by atoms with E-state index in [0.29, 0.717) is 11.2 Å². The molecule has 0 bridgehead atoms. The Morgan fingerprint density at radius 3 is 2.32 bits per heavy atom. The highest BCUT2D eigenvalue weighted by atomic mass is 32.2. The summed E-state index contributed by atoms with van der Waals surface area (Å²) in [5.41, 5.74) is 0.942. The number of anilines is 1. The average Bonchev–Trinajstić information content (AvgIpc) is 2.86. The summed E-state index contributed by atoms with van der Waals surface area (Å²) >= 11 is 1.53. The van der Waals surface area contributed by atoms with Gasteiger partial charge in [-0.1, -0.05) is 19.4 Å². The van der Waals surface area contributed by atoms with Crippen LogP contribution in [0.4, 0.5) is 14.5 Å². The van der Waals surface area contributed by atoms with Crippen molar-refractivity contribution in [2.24, 2.45) is 14.1 Å². The number of benzene rings is 2. The van der Waals surface area contributed by atoms with Crippen molar-refractivity contribution in [1.29, 1.82) is 0 Å². The molecule has 0 fully saturated rings. The second-order valence-electron chi connectivity index (χ2n) is 6.49. The summed E-state index contributed by atoms with van der Waals surface area (Å²) < 4.78 is 30.9. The molecule has 8 heteroatoms. The van der Waals surface area contributed by atoms with Gasteiger partial charge in [0.2, 0.25) is 0 Å². The van der Waals surface area contributed by atoms with E-state index >= 15 is 0 Å². The number of nitrogens with zero attached hydrogens (tertiary/aromatic N) is 2. The van der Waals surface area contributed by atoms with Crippen molar-refractivity contribution < 1.29 is 13.6 Å². The number of carbonyl (C=O) groups excluding carboxylic acids is 1. The third-order valence-electron chi connectivity index (χ3n) is 4.57. The minimum atomic E-state index is -0.925. The predicted molar refractivity (Wildman–Crippen MR) is 108 cm³/mol. The van der Waals surface area contributed by atoms with Crippen LogP contribution in [-0.2, 0) is 14.1 Å². The van der Waals surface area contributed by atoms with E-state index in [4.69, 9.17) is 0 Å². The molecule has 1 amide bonds. The smallest absolute Gasteiger partial charge is 0.321 e. The second kappa shape index (κ2) is 8.18. The first kappa shape index (κ1) is 20.1. The van der Waals surface area contributed by atoms with E-state index in [1.807, 2.05) is 6.07 Å². The van der Waals surface area contributed by atoms with E-state index in [1.165, 1.54) is 27.0 Å². The van der Waals surface area contributed by atoms with Gasteiger partial charge in [-0.15, -0.1) is 11.8 Å². The van der Waals surface area contributed by atoms with E-state index in [0.717, 1.165) is 41.1 Å². The number of aromatic nitrogens is 2. The summed E-state index contributed by atoms with van der Waals surface area (Å²) in [6.07, 6.45) is 1.99. The zero-order valence-electron chi connectivity index (χ0n) is 15.9. The number of halogens is 2. The standard InChI is InChI=1S/C20H21F2N3O2S/c1-4-5-9-28-17-11-16-15(24(2)20(27)25(16)3)10-14(17)23-19(26)18-12(21)7-6-8-13(18)22/h6-8,10-11H,4-5,9H2,1-3H3,(H,23,26). The molecule has 0 saturated carbocycles. The molecule has 0 aliphatic heterocycles. The van der Waals surface area contributed by atoms with E-state index in [1.54, 1.807) is 20.2 Å². The largest absolute Gasteiger partial charge is 0.328 e. The molecule has 0 radical (unpaired) electrons. The first-order chi connectivity index (χ1) is 13.3. The Bertz CT molecular complexity index is 1080. The van der Waals surface area contributed by atoms with Crippen LogP contribution < -0.4 is 11.0 Å². The van der Waals surface area contributed by atoms with Crippen LogP contribution in [0.1, 0.15) is 30.1 Å². The van der Waals surface area contributed by atoms with Crippen molar-refractivity contribution in [3.05, 3.63) is 58.0 Å². The fourth-order valence-corrected chi connectivity index (χ4v) is 4.08. The molecule has 3 rings (SSSR count). The van der Waals surface area contributed by atoms with Crippen LogP contribution in [0.15, 0.2) is 40.0 Å². The van der Waals surface area contributed by atoms with Crippen LogP contribution >= 0.6 is 11.8 Å². The molecule has 0 saturated heterocycles. The van der Waals surface area contributed by atoms with Crippen LogP contribution in [0.3, 0.4) is 0 Å². The Labute approximate surface area is 165 Å². The molecule has 0 spiro atoms. The molecule has 0 unspecified atom stereocenters. The van der Waals surface area contributed by atoms with Crippen LogP contribution in [0.25, 0.3) is 11.0 Å². The highest BCUT2D eigenvalue weighted by Gasteiger charge is 2.20. The molecular weight excluding hydrogens is 384 g/mol. The molecule has 148 valence electrons. The maximum absolute atomic E-state index is 14.0. The molecule has 28 heavy (non-hydrogen) atoms. The van der Waals surface area contributed by atoms with E-state index in [2.05, 4.69) is 12.2 Å². The molecule has 0 atom stereocenters. The maximum atomic E-state index is 14.0. The number of carbonyl (C=O) groups is 1. The van der Waals surface area contributed by atoms with Crippen molar-refractivity contribution in [3.63, 3.8) is 0 Å². The lowest BCUT2D eigenvalue weighted by Crippen LogP contribution is -2.19. The number of nitrogens with one attached hydrogen (secondary N) is 1. The van der Waals surface area contributed by atoms with Crippen LogP contribution in [-0.4, -0.2) is 20.8 Å². The number of thioether (sulfide) groups is 1. The molecule has 1 N–H and O–H groups in total. The van der Waals surface area contributed by atoms with Gasteiger partial charge in [-0.3, -0.25) is 13.9 Å². The number of amides is 1. The van der Waals surface area contributed by atoms with Gasteiger partial charge in [0.25, 0.3) is 5.91 Å². The maximum Gasteiger partial charge on any atom is 0.328 e. The van der Waals surface area contributed by atoms with Gasteiger partial charge in [-0.05, 0) is 36.4 Å². The molecule has 2 aromatic carbocycles. The topological polar surface area (TPSA) is 56.0 Å². The van der Waals surface area contributed by atoms with Crippen molar-refractivity contribution in [2.75, 3.05) is 11.1 Å². The fourth-order valence-electron chi connectivity index (χ4n) is 2.97. The highest BCUT2D eigenvalue weighted by Crippen LogP contribution is 2.33.